The minimum Gasteiger partial charge on any atom is -0.475 e. The fourth-order valence-electron chi connectivity index (χ4n) is 2.39. The van der Waals surface area contributed by atoms with E-state index in [1.54, 1.807) is 4.90 Å². The van der Waals surface area contributed by atoms with E-state index in [2.05, 4.69) is 0 Å². The van der Waals surface area contributed by atoms with Crippen LogP contribution in [-0.2, 0) is 0 Å². The summed E-state index contributed by atoms with van der Waals surface area (Å²) >= 11 is 0. The van der Waals surface area contributed by atoms with Gasteiger partial charge in [0.15, 0.2) is 5.76 Å². The lowest BCUT2D eigenvalue weighted by molar-refractivity contribution is 0.0604. The summed E-state index contributed by atoms with van der Waals surface area (Å²) in [4.78, 5) is 24.5. The van der Waals surface area contributed by atoms with Crippen molar-refractivity contribution in [2.45, 2.75) is 19.3 Å². The van der Waals surface area contributed by atoms with Gasteiger partial charge in [0, 0.05) is 19.7 Å². The number of piperidine rings is 1. The van der Waals surface area contributed by atoms with Crippen molar-refractivity contribution >= 4 is 11.9 Å². The van der Waals surface area contributed by atoms with Gasteiger partial charge in [-0.15, -0.1) is 0 Å². The van der Waals surface area contributed by atoms with Crippen molar-refractivity contribution in [3.8, 4) is 0 Å². The normalized spacial score (nSPS) is 19.4. The summed E-state index contributed by atoms with van der Waals surface area (Å²) in [6, 6.07) is 2.67. The van der Waals surface area contributed by atoms with Gasteiger partial charge >= 0.3 is 5.97 Å². The van der Waals surface area contributed by atoms with Gasteiger partial charge < -0.3 is 19.5 Å². The summed E-state index contributed by atoms with van der Waals surface area (Å²) in [6.45, 7) is 1.35. The van der Waals surface area contributed by atoms with Crippen molar-refractivity contribution in [1.29, 1.82) is 0 Å². The molecule has 1 aromatic heterocycles. The third-order valence-electron chi connectivity index (χ3n) is 3.37. The molecule has 0 aromatic carbocycles. The third-order valence-corrected chi connectivity index (χ3v) is 3.37. The van der Waals surface area contributed by atoms with Crippen molar-refractivity contribution in [2.24, 2.45) is 5.92 Å². The molecule has 0 bridgehead atoms. The van der Waals surface area contributed by atoms with E-state index < -0.39 is 5.97 Å². The molecule has 1 atom stereocenters. The van der Waals surface area contributed by atoms with Gasteiger partial charge in [-0.1, -0.05) is 0 Å². The molecular formula is C13H17NO5. The Morgan fingerprint density at radius 1 is 1.37 bits per heavy atom. The topological polar surface area (TPSA) is 91.0 Å². The summed E-state index contributed by atoms with van der Waals surface area (Å²) in [7, 11) is 0. The molecule has 1 aliphatic heterocycles. The van der Waals surface area contributed by atoms with Gasteiger partial charge in [-0.3, -0.25) is 4.79 Å². The van der Waals surface area contributed by atoms with Crippen LogP contribution in [0.3, 0.4) is 0 Å². The van der Waals surface area contributed by atoms with Crippen LogP contribution in [0.1, 0.15) is 40.4 Å². The van der Waals surface area contributed by atoms with E-state index in [-0.39, 0.29) is 24.0 Å². The monoisotopic (exact) mass is 267 g/mol. The first kappa shape index (κ1) is 13.6. The zero-order chi connectivity index (χ0) is 13.8. The minimum atomic E-state index is -1.18. The number of carboxylic acid groups (broad SMARTS) is 1. The number of carbonyl (C=O) groups is 2. The molecule has 1 saturated heterocycles. The Labute approximate surface area is 110 Å². The first-order chi connectivity index (χ1) is 9.11. The summed E-state index contributed by atoms with van der Waals surface area (Å²) in [6.07, 6.45) is 2.58. The molecule has 0 aliphatic carbocycles. The predicted molar refractivity (Wildman–Crippen MR) is 66.0 cm³/mol. The fraction of sp³-hybridized carbons (Fsp3) is 0.538. The third kappa shape index (κ3) is 3.14. The average molecular weight is 267 g/mol. The lowest BCUT2D eigenvalue weighted by Gasteiger charge is -2.31. The molecule has 0 spiro atoms. The number of aromatic carboxylic acids is 1. The van der Waals surface area contributed by atoms with Crippen molar-refractivity contribution in [3.05, 3.63) is 23.7 Å². The second kappa shape index (κ2) is 5.88. The number of rotatable bonds is 4. The summed E-state index contributed by atoms with van der Waals surface area (Å²) in [5.41, 5.74) is 0. The molecule has 6 heteroatoms. The van der Waals surface area contributed by atoms with Crippen LogP contribution >= 0.6 is 0 Å². The Morgan fingerprint density at radius 3 is 2.74 bits per heavy atom. The number of aliphatic hydroxyl groups excluding tert-OH is 1. The highest BCUT2D eigenvalue weighted by atomic mass is 16.4. The Balaban J connectivity index is 2.03. The number of carboxylic acids is 1. The van der Waals surface area contributed by atoms with Gasteiger partial charge in [-0.05, 0) is 37.3 Å². The molecule has 2 heterocycles. The van der Waals surface area contributed by atoms with Crippen LogP contribution < -0.4 is 0 Å². The number of aliphatic hydroxyl groups is 1. The molecule has 0 saturated carbocycles. The van der Waals surface area contributed by atoms with E-state index in [0.29, 0.717) is 25.4 Å². The number of hydrogen-bond donors (Lipinski definition) is 2. The standard InChI is InChI=1S/C13H17NO5/c15-7-5-9-2-1-6-14(8-9)12(16)10-3-4-11(19-10)13(17)18/h3-4,9,15H,1-2,5-8H2,(H,17,18). The first-order valence-corrected chi connectivity index (χ1v) is 6.35. The van der Waals surface area contributed by atoms with Crippen molar-refractivity contribution < 1.29 is 24.2 Å². The molecule has 104 valence electrons. The van der Waals surface area contributed by atoms with Crippen molar-refractivity contribution in [3.63, 3.8) is 0 Å². The molecule has 2 N–H and O–H groups in total. The van der Waals surface area contributed by atoms with Crippen LogP contribution in [0.4, 0.5) is 0 Å². The molecule has 1 aromatic rings. The second-order valence-corrected chi connectivity index (χ2v) is 4.74. The molecule has 1 aliphatic rings. The second-order valence-electron chi connectivity index (χ2n) is 4.74. The lowest BCUT2D eigenvalue weighted by Crippen LogP contribution is -2.40. The van der Waals surface area contributed by atoms with Crippen molar-refractivity contribution in [2.75, 3.05) is 19.7 Å². The maximum atomic E-state index is 12.2. The van der Waals surface area contributed by atoms with Gasteiger partial charge in [0.2, 0.25) is 5.76 Å². The van der Waals surface area contributed by atoms with Crippen LogP contribution in [0, 0.1) is 5.92 Å². The zero-order valence-electron chi connectivity index (χ0n) is 10.5. The zero-order valence-corrected chi connectivity index (χ0v) is 10.5. The van der Waals surface area contributed by atoms with E-state index >= 15 is 0 Å². The van der Waals surface area contributed by atoms with Gasteiger partial charge in [0.1, 0.15) is 0 Å². The Kier molecular flexibility index (Phi) is 4.21. The van der Waals surface area contributed by atoms with Crippen LogP contribution in [-0.4, -0.2) is 46.7 Å². The highest BCUT2D eigenvalue weighted by Gasteiger charge is 2.26. The minimum absolute atomic E-state index is 0.0575. The van der Waals surface area contributed by atoms with Crippen LogP contribution in [0.2, 0.25) is 0 Å². The molecule has 1 unspecified atom stereocenters. The van der Waals surface area contributed by atoms with Crippen LogP contribution in [0.15, 0.2) is 16.5 Å². The molecule has 19 heavy (non-hydrogen) atoms. The molecular weight excluding hydrogens is 250 g/mol. The van der Waals surface area contributed by atoms with Crippen LogP contribution in [0.5, 0.6) is 0 Å². The Hall–Kier alpha value is -1.82. The molecule has 0 radical (unpaired) electrons. The number of hydrogen-bond acceptors (Lipinski definition) is 4. The molecule has 6 nitrogen and oxygen atoms in total. The predicted octanol–water partition coefficient (Wildman–Crippen LogP) is 1.21. The Bertz CT molecular complexity index is 465. The van der Waals surface area contributed by atoms with E-state index in [1.807, 2.05) is 0 Å². The number of furan rings is 1. The smallest absolute Gasteiger partial charge is 0.371 e. The maximum absolute atomic E-state index is 12.2. The van der Waals surface area contributed by atoms with Crippen molar-refractivity contribution in [1.82, 2.24) is 4.90 Å². The number of amides is 1. The highest BCUT2D eigenvalue weighted by Crippen LogP contribution is 2.21. The molecule has 2 rings (SSSR count). The molecule has 1 fully saturated rings. The van der Waals surface area contributed by atoms with Gasteiger partial charge in [0.25, 0.3) is 5.91 Å². The van der Waals surface area contributed by atoms with Crippen LogP contribution in [0.25, 0.3) is 0 Å². The van der Waals surface area contributed by atoms with Gasteiger partial charge in [-0.25, -0.2) is 4.79 Å². The fourth-order valence-corrected chi connectivity index (χ4v) is 2.39. The Morgan fingerprint density at radius 2 is 2.11 bits per heavy atom. The van der Waals surface area contributed by atoms with E-state index in [1.165, 1.54) is 12.1 Å². The van der Waals surface area contributed by atoms with Gasteiger partial charge in [0.05, 0.1) is 0 Å². The average Bonchev–Trinajstić information content (AvgIpc) is 2.88. The van der Waals surface area contributed by atoms with E-state index in [0.717, 1.165) is 12.8 Å². The highest BCUT2D eigenvalue weighted by molar-refractivity contribution is 5.93. The number of likely N-dealkylation sites (tertiary alicyclic amines) is 1. The lowest BCUT2D eigenvalue weighted by atomic mass is 9.95. The van der Waals surface area contributed by atoms with E-state index in [9.17, 15) is 9.59 Å². The maximum Gasteiger partial charge on any atom is 0.371 e. The summed E-state index contributed by atoms with van der Waals surface area (Å²) in [5, 5.41) is 17.7. The summed E-state index contributed by atoms with van der Waals surface area (Å²) in [5.74, 6) is -1.34. The summed E-state index contributed by atoms with van der Waals surface area (Å²) < 4.78 is 5.02. The molecule has 1 amide bonds. The largest absolute Gasteiger partial charge is 0.475 e. The van der Waals surface area contributed by atoms with E-state index in [4.69, 9.17) is 14.6 Å². The van der Waals surface area contributed by atoms with Gasteiger partial charge in [-0.2, -0.15) is 0 Å². The quantitative estimate of drug-likeness (QED) is 0.855. The SMILES string of the molecule is O=C(O)c1ccc(C(=O)N2CCCC(CCO)C2)o1. The number of carbonyl (C=O) groups excluding carboxylic acids is 1. The first-order valence-electron chi connectivity index (χ1n) is 6.35. The number of nitrogens with zero attached hydrogens (tertiary/aromatic N) is 1.